The molecule has 1 saturated heterocycles. The van der Waals surface area contributed by atoms with Gasteiger partial charge >= 0.3 is 5.63 Å². The number of hydrogen-bond acceptors (Lipinski definition) is 4. The van der Waals surface area contributed by atoms with Crippen LogP contribution in [0.25, 0.3) is 11.0 Å². The molecule has 5 heteroatoms. The molecule has 0 radical (unpaired) electrons. The largest absolute Gasteiger partial charge is 0.491 e. The van der Waals surface area contributed by atoms with Gasteiger partial charge in [0.25, 0.3) is 0 Å². The predicted octanol–water partition coefficient (Wildman–Crippen LogP) is 1.69. The Kier molecular flexibility index (Phi) is 5.76. The quantitative estimate of drug-likeness (QED) is 0.782. The zero-order valence-corrected chi connectivity index (χ0v) is 15.1. The Morgan fingerprint density at radius 1 is 1.36 bits per heavy atom. The van der Waals surface area contributed by atoms with Gasteiger partial charge in [0.1, 0.15) is 30.6 Å². The predicted molar refractivity (Wildman–Crippen MR) is 97.3 cm³/mol. The van der Waals surface area contributed by atoms with E-state index in [4.69, 9.17) is 9.15 Å². The van der Waals surface area contributed by atoms with Crippen molar-refractivity contribution in [2.24, 2.45) is 0 Å². The minimum Gasteiger partial charge on any atom is -0.491 e. The second-order valence-corrected chi connectivity index (χ2v) is 7.08. The first-order valence-electron chi connectivity index (χ1n) is 9.26. The van der Waals surface area contributed by atoms with Gasteiger partial charge in [-0.1, -0.05) is 6.92 Å². The van der Waals surface area contributed by atoms with E-state index in [0.717, 1.165) is 30.5 Å². The minimum absolute atomic E-state index is 0.251. The molecule has 0 saturated carbocycles. The van der Waals surface area contributed by atoms with Crippen LogP contribution in [0.1, 0.15) is 38.2 Å². The molecule has 1 unspecified atom stereocenters. The Morgan fingerprint density at radius 2 is 2.20 bits per heavy atom. The lowest BCUT2D eigenvalue weighted by atomic mass is 10.00. The number of aliphatic hydroxyl groups is 1. The van der Waals surface area contributed by atoms with Gasteiger partial charge in [0.05, 0.1) is 12.6 Å². The monoisotopic (exact) mass is 346 g/mol. The summed E-state index contributed by atoms with van der Waals surface area (Å²) >= 11 is 0. The Morgan fingerprint density at radius 3 is 3.00 bits per heavy atom. The lowest BCUT2D eigenvalue weighted by molar-refractivity contribution is -0.933. The maximum atomic E-state index is 11.5. The Hall–Kier alpha value is -1.85. The van der Waals surface area contributed by atoms with Crippen LogP contribution in [0.15, 0.2) is 33.5 Å². The van der Waals surface area contributed by atoms with E-state index >= 15 is 0 Å². The fourth-order valence-electron chi connectivity index (χ4n) is 3.86. The number of nitrogens with one attached hydrogen (secondary N) is 1. The van der Waals surface area contributed by atoms with Gasteiger partial charge in [-0.05, 0) is 50.3 Å². The van der Waals surface area contributed by atoms with Crippen molar-refractivity contribution in [1.29, 1.82) is 0 Å². The summed E-state index contributed by atoms with van der Waals surface area (Å²) in [6.45, 7) is 6.22. The van der Waals surface area contributed by atoms with Gasteiger partial charge in [0.2, 0.25) is 0 Å². The molecule has 0 spiro atoms. The summed E-state index contributed by atoms with van der Waals surface area (Å²) in [5.74, 6) is 0.612. The van der Waals surface area contributed by atoms with Crippen molar-refractivity contribution >= 4 is 11.0 Å². The van der Waals surface area contributed by atoms with Gasteiger partial charge in [-0.25, -0.2) is 4.79 Å². The molecule has 1 aliphatic rings. The average molecular weight is 346 g/mol. The third kappa shape index (κ3) is 4.41. The summed E-state index contributed by atoms with van der Waals surface area (Å²) in [7, 11) is 0. The average Bonchev–Trinajstić information content (AvgIpc) is 2.60. The fraction of sp³-hybridized carbons (Fsp3) is 0.550. The van der Waals surface area contributed by atoms with E-state index in [1.54, 1.807) is 6.07 Å². The normalized spacial score (nSPS) is 22.0. The van der Waals surface area contributed by atoms with Crippen LogP contribution in [-0.2, 0) is 0 Å². The van der Waals surface area contributed by atoms with Gasteiger partial charge in [-0.2, -0.15) is 0 Å². The molecule has 136 valence electrons. The van der Waals surface area contributed by atoms with Crippen LogP contribution >= 0.6 is 0 Å². The molecule has 0 aliphatic carbocycles. The summed E-state index contributed by atoms with van der Waals surface area (Å²) in [5.41, 5.74) is 1.04. The van der Waals surface area contributed by atoms with Crippen LogP contribution in [0, 0.1) is 6.92 Å². The standard InChI is InChI=1S/C20H27NO4/c1-3-15-6-4-5-9-21(15)12-16(22)13-24-17-7-8-18-14(2)10-20(23)25-19(18)11-17/h7-8,10-11,15-16,22H,3-6,9,12-13H2,1-2H3/p+1/t15-,16+/m1/s1. The topological polar surface area (TPSA) is 64.1 Å². The van der Waals surface area contributed by atoms with Crippen LogP contribution in [0.4, 0.5) is 0 Å². The van der Waals surface area contributed by atoms with Crippen LogP contribution in [0.2, 0.25) is 0 Å². The van der Waals surface area contributed by atoms with Gasteiger partial charge < -0.3 is 19.2 Å². The summed E-state index contributed by atoms with van der Waals surface area (Å²) in [6, 6.07) is 7.60. The molecule has 2 heterocycles. The molecule has 1 aliphatic heterocycles. The second kappa shape index (κ2) is 8.02. The first kappa shape index (κ1) is 18.0. The van der Waals surface area contributed by atoms with Crippen LogP contribution < -0.4 is 15.3 Å². The molecule has 25 heavy (non-hydrogen) atoms. The first-order valence-corrected chi connectivity index (χ1v) is 9.26. The highest BCUT2D eigenvalue weighted by Gasteiger charge is 2.26. The molecule has 3 rings (SSSR count). The number of fused-ring (bicyclic) bond motifs is 1. The molecular formula is C20H28NO4+. The molecule has 1 fully saturated rings. The van der Waals surface area contributed by atoms with Crippen molar-refractivity contribution in [3.63, 3.8) is 0 Å². The number of rotatable bonds is 6. The third-order valence-corrected chi connectivity index (χ3v) is 5.23. The highest BCUT2D eigenvalue weighted by atomic mass is 16.5. The van der Waals surface area contributed by atoms with E-state index in [0.29, 0.717) is 17.4 Å². The molecular weight excluding hydrogens is 318 g/mol. The van der Waals surface area contributed by atoms with E-state index in [9.17, 15) is 9.90 Å². The molecule has 2 aromatic rings. The lowest BCUT2D eigenvalue weighted by Crippen LogP contribution is -3.17. The van der Waals surface area contributed by atoms with E-state index in [1.807, 2.05) is 19.1 Å². The van der Waals surface area contributed by atoms with Gasteiger partial charge in [-0.3, -0.25) is 0 Å². The number of aliphatic hydroxyl groups excluding tert-OH is 1. The molecule has 0 amide bonds. The highest BCUT2D eigenvalue weighted by Crippen LogP contribution is 2.22. The lowest BCUT2D eigenvalue weighted by Gasteiger charge is -2.33. The minimum atomic E-state index is -0.498. The molecule has 3 atom stereocenters. The summed E-state index contributed by atoms with van der Waals surface area (Å²) in [6.07, 6.45) is 4.45. The van der Waals surface area contributed by atoms with Crippen LogP contribution in [0.3, 0.4) is 0 Å². The zero-order chi connectivity index (χ0) is 17.8. The van der Waals surface area contributed by atoms with E-state index < -0.39 is 6.10 Å². The highest BCUT2D eigenvalue weighted by molar-refractivity contribution is 5.81. The number of ether oxygens (including phenoxy) is 1. The molecule has 1 aromatic carbocycles. The first-order chi connectivity index (χ1) is 12.1. The number of piperidine rings is 1. The molecule has 5 nitrogen and oxygen atoms in total. The van der Waals surface area contributed by atoms with Gasteiger partial charge in [0, 0.05) is 17.5 Å². The van der Waals surface area contributed by atoms with Gasteiger partial charge in [0.15, 0.2) is 0 Å². The Labute approximate surface area is 148 Å². The smallest absolute Gasteiger partial charge is 0.336 e. The zero-order valence-electron chi connectivity index (χ0n) is 15.1. The third-order valence-electron chi connectivity index (χ3n) is 5.23. The maximum absolute atomic E-state index is 11.5. The summed E-state index contributed by atoms with van der Waals surface area (Å²) in [4.78, 5) is 13.0. The van der Waals surface area contributed by atoms with Crippen LogP contribution in [-0.4, -0.2) is 36.9 Å². The molecule has 0 bridgehead atoms. The maximum Gasteiger partial charge on any atom is 0.336 e. The molecule has 2 N–H and O–H groups in total. The fourth-order valence-corrected chi connectivity index (χ4v) is 3.86. The van der Waals surface area contributed by atoms with Crippen molar-refractivity contribution in [1.82, 2.24) is 0 Å². The molecule has 1 aromatic heterocycles. The van der Waals surface area contributed by atoms with Crippen molar-refractivity contribution in [3.8, 4) is 5.75 Å². The summed E-state index contributed by atoms with van der Waals surface area (Å²) in [5, 5.41) is 11.3. The van der Waals surface area contributed by atoms with E-state index in [-0.39, 0.29) is 12.2 Å². The number of aryl methyl sites for hydroxylation is 1. The number of likely N-dealkylation sites (tertiary alicyclic amines) is 1. The van der Waals surface area contributed by atoms with Crippen LogP contribution in [0.5, 0.6) is 5.75 Å². The Balaban J connectivity index is 1.61. The Bertz CT molecular complexity index is 770. The van der Waals surface area contributed by atoms with E-state index in [1.165, 1.54) is 30.2 Å². The van der Waals surface area contributed by atoms with Crippen molar-refractivity contribution < 1.29 is 19.2 Å². The number of hydrogen-bond donors (Lipinski definition) is 2. The SMILES string of the molecule is CC[C@@H]1CCCC[NH+]1C[C@H](O)COc1ccc2c(C)cc(=O)oc2c1. The number of benzene rings is 1. The van der Waals surface area contributed by atoms with Crippen molar-refractivity contribution in [2.45, 2.75) is 51.7 Å². The van der Waals surface area contributed by atoms with Crippen molar-refractivity contribution in [3.05, 3.63) is 40.2 Å². The number of quaternary nitrogens is 1. The van der Waals surface area contributed by atoms with E-state index in [2.05, 4.69) is 6.92 Å². The van der Waals surface area contributed by atoms with Crippen molar-refractivity contribution in [2.75, 3.05) is 19.7 Å². The van der Waals surface area contributed by atoms with Gasteiger partial charge in [-0.15, -0.1) is 0 Å². The second-order valence-electron chi connectivity index (χ2n) is 7.08. The summed E-state index contributed by atoms with van der Waals surface area (Å²) < 4.78 is 11.0.